The zero-order chi connectivity index (χ0) is 8.27. The first-order chi connectivity index (χ1) is 5.24. The number of rotatable bonds is 3. The molecule has 11 heavy (non-hydrogen) atoms. The lowest BCUT2D eigenvalue weighted by Crippen LogP contribution is -1.95. The van der Waals surface area contributed by atoms with E-state index in [1.54, 1.807) is 5.38 Å². The third kappa shape index (κ3) is 2.25. The van der Waals surface area contributed by atoms with Crippen molar-refractivity contribution in [2.75, 3.05) is 0 Å². The molecule has 0 saturated carbocycles. The minimum atomic E-state index is -1.42. The highest BCUT2D eigenvalue weighted by Crippen LogP contribution is 2.15. The molecule has 0 atom stereocenters. The SMILES string of the molecule is CCCc1nc(C(O)O)cs1. The highest BCUT2D eigenvalue weighted by Gasteiger charge is 2.06. The van der Waals surface area contributed by atoms with E-state index >= 15 is 0 Å². The fourth-order valence-corrected chi connectivity index (χ4v) is 1.68. The first-order valence-corrected chi connectivity index (χ1v) is 4.42. The Balaban J connectivity index is 2.66. The van der Waals surface area contributed by atoms with E-state index in [9.17, 15) is 0 Å². The highest BCUT2D eigenvalue weighted by molar-refractivity contribution is 7.09. The number of aryl methyl sites for hydroxylation is 1. The molecule has 1 rings (SSSR count). The van der Waals surface area contributed by atoms with Gasteiger partial charge in [0.05, 0.1) is 5.01 Å². The van der Waals surface area contributed by atoms with Gasteiger partial charge in [0, 0.05) is 5.38 Å². The van der Waals surface area contributed by atoms with Crippen LogP contribution in [0.25, 0.3) is 0 Å². The second-order valence-corrected chi connectivity index (χ2v) is 3.23. The Bertz CT molecular complexity index is 222. The maximum atomic E-state index is 8.70. The predicted molar refractivity (Wildman–Crippen MR) is 43.3 cm³/mol. The van der Waals surface area contributed by atoms with Crippen molar-refractivity contribution >= 4 is 11.3 Å². The number of hydrogen-bond acceptors (Lipinski definition) is 4. The molecule has 0 aliphatic heterocycles. The monoisotopic (exact) mass is 173 g/mol. The van der Waals surface area contributed by atoms with Crippen LogP contribution in [0.1, 0.15) is 30.3 Å². The lowest BCUT2D eigenvalue weighted by molar-refractivity contribution is -0.0454. The van der Waals surface area contributed by atoms with Gasteiger partial charge in [-0.25, -0.2) is 4.98 Å². The summed E-state index contributed by atoms with van der Waals surface area (Å²) in [6.45, 7) is 2.07. The summed E-state index contributed by atoms with van der Waals surface area (Å²) >= 11 is 1.47. The Morgan fingerprint density at radius 2 is 2.36 bits per heavy atom. The number of nitrogens with zero attached hydrogens (tertiary/aromatic N) is 1. The summed E-state index contributed by atoms with van der Waals surface area (Å²) in [4.78, 5) is 4.02. The van der Waals surface area contributed by atoms with Gasteiger partial charge in [0.15, 0.2) is 6.29 Å². The Morgan fingerprint density at radius 1 is 1.64 bits per heavy atom. The number of thiazole rings is 1. The fraction of sp³-hybridized carbons (Fsp3) is 0.571. The van der Waals surface area contributed by atoms with E-state index in [0.29, 0.717) is 5.69 Å². The van der Waals surface area contributed by atoms with Gasteiger partial charge in [0.25, 0.3) is 0 Å². The van der Waals surface area contributed by atoms with Crippen molar-refractivity contribution in [1.29, 1.82) is 0 Å². The lowest BCUT2D eigenvalue weighted by atomic mass is 10.3. The standard InChI is InChI=1S/C7H11NO2S/c1-2-3-6-8-5(4-11-6)7(9)10/h4,7,9-10H,2-3H2,1H3. The van der Waals surface area contributed by atoms with Gasteiger partial charge in [-0.05, 0) is 12.8 Å². The van der Waals surface area contributed by atoms with Crippen molar-refractivity contribution in [3.8, 4) is 0 Å². The molecule has 0 aliphatic rings. The van der Waals surface area contributed by atoms with E-state index in [1.165, 1.54) is 11.3 Å². The van der Waals surface area contributed by atoms with E-state index in [2.05, 4.69) is 11.9 Å². The molecule has 0 bridgehead atoms. The summed E-state index contributed by atoms with van der Waals surface area (Å²) in [5.41, 5.74) is 0.360. The molecule has 2 N–H and O–H groups in total. The van der Waals surface area contributed by atoms with Gasteiger partial charge in [-0.1, -0.05) is 6.92 Å². The molecule has 62 valence electrons. The topological polar surface area (TPSA) is 53.4 Å². The van der Waals surface area contributed by atoms with Crippen LogP contribution in [0.5, 0.6) is 0 Å². The van der Waals surface area contributed by atoms with Gasteiger partial charge in [0.2, 0.25) is 0 Å². The number of aliphatic hydroxyl groups excluding tert-OH is 1. The van der Waals surface area contributed by atoms with E-state index in [0.717, 1.165) is 17.8 Å². The van der Waals surface area contributed by atoms with Crippen molar-refractivity contribution in [3.63, 3.8) is 0 Å². The zero-order valence-electron chi connectivity index (χ0n) is 6.32. The van der Waals surface area contributed by atoms with Gasteiger partial charge >= 0.3 is 0 Å². The summed E-state index contributed by atoms with van der Waals surface area (Å²) in [7, 11) is 0. The molecular formula is C7H11NO2S. The highest BCUT2D eigenvalue weighted by atomic mass is 32.1. The molecule has 0 aliphatic carbocycles. The zero-order valence-corrected chi connectivity index (χ0v) is 7.14. The van der Waals surface area contributed by atoms with Crippen LogP contribution in [0, 0.1) is 0 Å². The first-order valence-electron chi connectivity index (χ1n) is 3.54. The third-order valence-electron chi connectivity index (χ3n) is 1.30. The second kappa shape index (κ2) is 3.80. The molecule has 0 amide bonds. The van der Waals surface area contributed by atoms with Gasteiger partial charge in [-0.15, -0.1) is 11.3 Å². The number of hydrogen-bond donors (Lipinski definition) is 2. The average Bonchev–Trinajstić information content (AvgIpc) is 2.37. The van der Waals surface area contributed by atoms with Crippen LogP contribution in [-0.2, 0) is 6.42 Å². The molecule has 0 unspecified atom stereocenters. The van der Waals surface area contributed by atoms with E-state index < -0.39 is 6.29 Å². The van der Waals surface area contributed by atoms with Crippen molar-refractivity contribution in [3.05, 3.63) is 16.1 Å². The molecule has 0 radical (unpaired) electrons. The van der Waals surface area contributed by atoms with Crippen molar-refractivity contribution < 1.29 is 10.2 Å². The van der Waals surface area contributed by atoms with Crippen LogP contribution in [0.2, 0.25) is 0 Å². The van der Waals surface area contributed by atoms with E-state index in [-0.39, 0.29) is 0 Å². The molecule has 0 saturated heterocycles. The molecule has 1 aromatic rings. The Morgan fingerprint density at radius 3 is 2.82 bits per heavy atom. The quantitative estimate of drug-likeness (QED) is 0.672. The van der Waals surface area contributed by atoms with Crippen molar-refractivity contribution in [2.24, 2.45) is 0 Å². The van der Waals surface area contributed by atoms with Gasteiger partial charge in [-0.2, -0.15) is 0 Å². The molecule has 1 aromatic heterocycles. The summed E-state index contributed by atoms with van der Waals surface area (Å²) < 4.78 is 0. The van der Waals surface area contributed by atoms with Crippen LogP contribution in [0.3, 0.4) is 0 Å². The van der Waals surface area contributed by atoms with Crippen LogP contribution < -0.4 is 0 Å². The number of aliphatic hydroxyl groups is 2. The van der Waals surface area contributed by atoms with Crippen LogP contribution in [-0.4, -0.2) is 15.2 Å². The minimum absolute atomic E-state index is 0.360. The Kier molecular flexibility index (Phi) is 2.99. The molecule has 3 nitrogen and oxygen atoms in total. The maximum absolute atomic E-state index is 8.70. The van der Waals surface area contributed by atoms with Crippen LogP contribution in [0.4, 0.5) is 0 Å². The fourth-order valence-electron chi connectivity index (χ4n) is 0.772. The van der Waals surface area contributed by atoms with Crippen LogP contribution in [0.15, 0.2) is 5.38 Å². The average molecular weight is 173 g/mol. The molecular weight excluding hydrogens is 162 g/mol. The summed E-state index contributed by atoms with van der Waals surface area (Å²) in [6, 6.07) is 0. The molecule has 0 aromatic carbocycles. The van der Waals surface area contributed by atoms with E-state index in [1.807, 2.05) is 0 Å². The van der Waals surface area contributed by atoms with Gasteiger partial charge in [0.1, 0.15) is 5.69 Å². The molecule has 0 fully saturated rings. The smallest absolute Gasteiger partial charge is 0.196 e. The summed E-state index contributed by atoms with van der Waals surface area (Å²) in [5.74, 6) is 0. The number of aromatic nitrogens is 1. The molecule has 1 heterocycles. The van der Waals surface area contributed by atoms with Crippen molar-refractivity contribution in [2.45, 2.75) is 26.1 Å². The third-order valence-corrected chi connectivity index (χ3v) is 2.22. The van der Waals surface area contributed by atoms with Crippen molar-refractivity contribution in [1.82, 2.24) is 4.98 Å². The summed E-state index contributed by atoms with van der Waals surface area (Å²) in [6.07, 6.45) is 0.531. The van der Waals surface area contributed by atoms with Gasteiger partial charge < -0.3 is 10.2 Å². The minimum Gasteiger partial charge on any atom is -0.363 e. The normalized spacial score (nSPS) is 10.9. The van der Waals surface area contributed by atoms with Crippen LogP contribution >= 0.6 is 11.3 Å². The maximum Gasteiger partial charge on any atom is 0.196 e. The Hall–Kier alpha value is -0.450. The first kappa shape index (κ1) is 8.64. The largest absolute Gasteiger partial charge is 0.363 e. The predicted octanol–water partition coefficient (Wildman–Crippen LogP) is 1.08. The second-order valence-electron chi connectivity index (χ2n) is 2.29. The van der Waals surface area contributed by atoms with Gasteiger partial charge in [-0.3, -0.25) is 0 Å². The Labute approximate surface area is 69.3 Å². The lowest BCUT2D eigenvalue weighted by Gasteiger charge is -1.95. The molecule has 0 spiro atoms. The summed E-state index contributed by atoms with van der Waals surface area (Å²) in [5, 5.41) is 20.1. The molecule has 4 heteroatoms. The van der Waals surface area contributed by atoms with E-state index in [4.69, 9.17) is 10.2 Å².